The molecule has 0 bridgehead atoms. The van der Waals surface area contributed by atoms with E-state index in [1.807, 2.05) is 0 Å². The zero-order chi connectivity index (χ0) is 23.4. The summed E-state index contributed by atoms with van der Waals surface area (Å²) in [7, 11) is 4.14. The smallest absolute Gasteiger partial charge is 0.241 e. The molecule has 0 amide bonds. The van der Waals surface area contributed by atoms with Crippen LogP contribution >= 0.6 is 0 Å². The molecule has 0 aliphatic rings. The number of rotatable bonds is 19. The van der Waals surface area contributed by atoms with Gasteiger partial charge in [-0.3, -0.25) is 5.21 Å². The van der Waals surface area contributed by atoms with Crippen LogP contribution in [0.3, 0.4) is 0 Å². The third kappa shape index (κ3) is 20.0. The number of hydrogen-bond acceptors (Lipinski definition) is 5. The van der Waals surface area contributed by atoms with Crippen molar-refractivity contribution < 1.29 is 29.5 Å². The Balaban J connectivity index is 4.03. The summed E-state index contributed by atoms with van der Waals surface area (Å²) >= 11 is 0. The number of unbranched alkanes of at least 4 members (excludes halogenated alkanes) is 4. The second-order valence-electron chi connectivity index (χ2n) is 8.68. The number of hydroxylamine groups is 1. The first-order valence-electron chi connectivity index (χ1n) is 11.8. The van der Waals surface area contributed by atoms with E-state index in [0.717, 1.165) is 69.2 Å². The van der Waals surface area contributed by atoms with Crippen molar-refractivity contribution in [3.05, 3.63) is 24.3 Å². The number of oxime groups is 1. The Bertz CT molecular complexity index is 545. The van der Waals surface area contributed by atoms with E-state index in [1.165, 1.54) is 0 Å². The van der Waals surface area contributed by atoms with E-state index < -0.39 is 12.2 Å². The van der Waals surface area contributed by atoms with Crippen LogP contribution in [0.1, 0.15) is 65.2 Å². The summed E-state index contributed by atoms with van der Waals surface area (Å²) in [5.41, 5.74) is 0. The molecule has 2 unspecified atom stereocenters. The summed E-state index contributed by atoms with van der Waals surface area (Å²) in [5, 5.41) is 33.5. The second kappa shape index (κ2) is 19.0. The van der Waals surface area contributed by atoms with Gasteiger partial charge in [-0.15, -0.1) is 0 Å². The van der Waals surface area contributed by atoms with Crippen molar-refractivity contribution in [1.82, 2.24) is 0 Å². The fourth-order valence-corrected chi connectivity index (χ4v) is 2.83. The van der Waals surface area contributed by atoms with Crippen LogP contribution in [-0.4, -0.2) is 89.6 Å². The SMILES string of the molecule is CCCCCC(O)C=CC=NOCC[N+](C)(C)CC[N+](O)=CC=CC(O)CCCCC. The fourth-order valence-electron chi connectivity index (χ4n) is 2.83. The van der Waals surface area contributed by atoms with Crippen molar-refractivity contribution in [3.8, 4) is 0 Å². The Morgan fingerprint density at radius 2 is 1.48 bits per heavy atom. The predicted molar refractivity (Wildman–Crippen MR) is 128 cm³/mol. The standard InChI is InChI=1S/C24H47N3O4/c1-5-7-9-13-23(28)15-11-17-25-31-22-21-27(3,4)20-19-26(30)18-12-16-24(29)14-10-8-6-2/h11-12,15-18,23-24,28-30H,5-10,13-14,19-22H2,1-4H3/q+2. The summed E-state index contributed by atoms with van der Waals surface area (Å²) in [6, 6.07) is 0. The van der Waals surface area contributed by atoms with Gasteiger partial charge in [-0.2, -0.15) is 0 Å². The van der Waals surface area contributed by atoms with Crippen LogP contribution in [0.15, 0.2) is 29.5 Å². The highest BCUT2D eigenvalue weighted by atomic mass is 16.6. The molecule has 0 aromatic rings. The molecule has 0 rings (SSSR count). The minimum atomic E-state index is -0.458. The van der Waals surface area contributed by atoms with Gasteiger partial charge in [0.25, 0.3) is 0 Å². The van der Waals surface area contributed by atoms with E-state index in [0.29, 0.717) is 17.6 Å². The van der Waals surface area contributed by atoms with E-state index in [2.05, 4.69) is 33.1 Å². The zero-order valence-corrected chi connectivity index (χ0v) is 20.2. The highest BCUT2D eigenvalue weighted by Crippen LogP contribution is 2.04. The molecule has 7 nitrogen and oxygen atoms in total. The molecule has 2 atom stereocenters. The number of likely N-dealkylation sites (N-methyl/N-ethyl adjacent to an activating group) is 1. The molecular weight excluding hydrogens is 394 g/mol. The highest BCUT2D eigenvalue weighted by molar-refractivity contribution is 5.70. The number of allylic oxidation sites excluding steroid dienone is 2. The molecule has 0 spiro atoms. The van der Waals surface area contributed by atoms with Crippen LogP contribution in [0.2, 0.25) is 0 Å². The van der Waals surface area contributed by atoms with Crippen molar-refractivity contribution >= 4 is 12.4 Å². The average molecular weight is 442 g/mol. The minimum absolute atomic E-state index is 0.425. The Morgan fingerprint density at radius 3 is 2.06 bits per heavy atom. The predicted octanol–water partition coefficient (Wildman–Crippen LogP) is 3.53. The monoisotopic (exact) mass is 441 g/mol. The largest absolute Gasteiger partial charge is 0.390 e. The molecule has 0 aromatic carbocycles. The molecule has 0 aliphatic heterocycles. The third-order valence-electron chi connectivity index (χ3n) is 5.08. The van der Waals surface area contributed by atoms with Gasteiger partial charge in [0.2, 0.25) is 12.8 Å². The number of hydrogen-bond donors (Lipinski definition) is 3. The normalized spacial score (nSPS) is 15.4. The Labute approximate surface area is 189 Å². The highest BCUT2D eigenvalue weighted by Gasteiger charge is 2.18. The summed E-state index contributed by atoms with van der Waals surface area (Å²) in [4.78, 5) is 5.29. The Kier molecular flexibility index (Phi) is 18.0. The van der Waals surface area contributed by atoms with Gasteiger partial charge in [-0.25, -0.2) is 0 Å². The molecule has 0 aromatic heterocycles. The molecule has 0 heterocycles. The van der Waals surface area contributed by atoms with E-state index in [9.17, 15) is 15.4 Å². The third-order valence-corrected chi connectivity index (χ3v) is 5.08. The summed E-state index contributed by atoms with van der Waals surface area (Å²) in [5.74, 6) is 0. The zero-order valence-electron chi connectivity index (χ0n) is 20.2. The maximum atomic E-state index is 9.97. The maximum Gasteiger partial charge on any atom is 0.241 e. The first kappa shape index (κ1) is 29.3. The molecule has 0 saturated carbocycles. The molecular formula is C24H47N3O4+2. The minimum Gasteiger partial charge on any atom is -0.390 e. The van der Waals surface area contributed by atoms with Crippen LogP contribution in [0.25, 0.3) is 0 Å². The quantitative estimate of drug-likeness (QED) is 0.0715. The lowest BCUT2D eigenvalue weighted by Gasteiger charge is -2.27. The van der Waals surface area contributed by atoms with E-state index in [1.54, 1.807) is 36.7 Å². The van der Waals surface area contributed by atoms with Gasteiger partial charge in [0, 0.05) is 6.08 Å². The molecule has 3 N–H and O–H groups in total. The summed E-state index contributed by atoms with van der Waals surface area (Å²) in [6.07, 6.45) is 17.2. The van der Waals surface area contributed by atoms with Crippen molar-refractivity contribution in [2.75, 3.05) is 40.3 Å². The Morgan fingerprint density at radius 1 is 0.903 bits per heavy atom. The van der Waals surface area contributed by atoms with Crippen LogP contribution in [0, 0.1) is 0 Å². The first-order chi connectivity index (χ1) is 14.8. The maximum absolute atomic E-state index is 9.97. The van der Waals surface area contributed by atoms with Crippen molar-refractivity contribution in [1.29, 1.82) is 0 Å². The van der Waals surface area contributed by atoms with Crippen molar-refractivity contribution in [2.24, 2.45) is 5.16 Å². The topological polar surface area (TPSA) is 85.3 Å². The van der Waals surface area contributed by atoms with E-state index in [4.69, 9.17) is 4.84 Å². The molecule has 0 radical (unpaired) electrons. The molecule has 180 valence electrons. The lowest BCUT2D eigenvalue weighted by molar-refractivity contribution is -0.910. The number of aliphatic hydroxyl groups is 2. The molecule has 0 fully saturated rings. The van der Waals surface area contributed by atoms with Gasteiger partial charge in [0.1, 0.15) is 13.1 Å². The van der Waals surface area contributed by atoms with Gasteiger partial charge in [0.15, 0.2) is 6.61 Å². The van der Waals surface area contributed by atoms with Gasteiger partial charge in [-0.05, 0) is 23.7 Å². The number of quaternary nitrogens is 1. The molecule has 0 aliphatic carbocycles. The summed E-state index contributed by atoms with van der Waals surface area (Å²) in [6.45, 7) is 6.71. The van der Waals surface area contributed by atoms with E-state index >= 15 is 0 Å². The van der Waals surface area contributed by atoms with Gasteiger partial charge >= 0.3 is 0 Å². The summed E-state index contributed by atoms with van der Waals surface area (Å²) < 4.78 is 1.82. The average Bonchev–Trinajstić information content (AvgIpc) is 2.72. The second-order valence-corrected chi connectivity index (χ2v) is 8.68. The van der Waals surface area contributed by atoms with Crippen LogP contribution in [0.4, 0.5) is 0 Å². The van der Waals surface area contributed by atoms with Gasteiger partial charge in [-0.1, -0.05) is 69.7 Å². The molecule has 0 saturated heterocycles. The van der Waals surface area contributed by atoms with Gasteiger partial charge < -0.3 is 19.5 Å². The Hall–Kier alpha value is -1.70. The van der Waals surface area contributed by atoms with E-state index in [-0.39, 0.29) is 0 Å². The fraction of sp³-hybridized carbons (Fsp3) is 0.750. The lowest BCUT2D eigenvalue weighted by Crippen LogP contribution is -2.45. The number of nitrogens with zero attached hydrogens (tertiary/aromatic N) is 3. The first-order valence-corrected chi connectivity index (χ1v) is 11.8. The van der Waals surface area contributed by atoms with Crippen LogP contribution < -0.4 is 0 Å². The molecule has 31 heavy (non-hydrogen) atoms. The lowest BCUT2D eigenvalue weighted by atomic mass is 10.1. The van der Waals surface area contributed by atoms with Crippen molar-refractivity contribution in [3.63, 3.8) is 0 Å². The van der Waals surface area contributed by atoms with Gasteiger partial charge in [0.05, 0.1) is 32.5 Å². The number of aliphatic hydroxyl groups excluding tert-OH is 2. The molecule has 7 heteroatoms. The van der Waals surface area contributed by atoms with Crippen LogP contribution in [0.5, 0.6) is 0 Å². The van der Waals surface area contributed by atoms with Crippen molar-refractivity contribution in [2.45, 2.75) is 77.4 Å². The van der Waals surface area contributed by atoms with Crippen LogP contribution in [-0.2, 0) is 4.84 Å².